The molecule has 0 bridgehead atoms. The molecule has 0 aromatic carbocycles. The first-order valence-electron chi connectivity index (χ1n) is 4.87. The summed E-state index contributed by atoms with van der Waals surface area (Å²) in [4.78, 5) is 11.2. The lowest BCUT2D eigenvalue weighted by atomic mass is 10.2. The van der Waals surface area contributed by atoms with Gasteiger partial charge in [0.25, 0.3) is 5.91 Å². The van der Waals surface area contributed by atoms with Crippen molar-refractivity contribution in [2.75, 3.05) is 7.05 Å². The third-order valence-electron chi connectivity index (χ3n) is 1.92. The topological polar surface area (TPSA) is 68.0 Å². The third-order valence-corrected chi connectivity index (χ3v) is 1.92. The van der Waals surface area contributed by atoms with Gasteiger partial charge in [-0.25, -0.2) is 4.63 Å². The predicted molar refractivity (Wildman–Crippen MR) is 51.0 cm³/mol. The Hall–Kier alpha value is -1.39. The van der Waals surface area contributed by atoms with Gasteiger partial charge in [-0.3, -0.25) is 4.79 Å². The molecule has 1 saturated carbocycles. The average Bonchev–Trinajstić information content (AvgIpc) is 2.98. The fourth-order valence-corrected chi connectivity index (χ4v) is 1.10. The molecule has 5 nitrogen and oxygen atoms in total. The summed E-state index contributed by atoms with van der Waals surface area (Å²) in [7, 11) is 1.56. The van der Waals surface area contributed by atoms with Crippen molar-refractivity contribution in [3.63, 3.8) is 0 Å². The summed E-state index contributed by atoms with van der Waals surface area (Å²) in [5.74, 6) is 0.168. The zero-order valence-corrected chi connectivity index (χ0v) is 8.70. The molecule has 0 aliphatic heterocycles. The monoisotopic (exact) mass is 197 g/mol. The van der Waals surface area contributed by atoms with E-state index >= 15 is 0 Å². The quantitative estimate of drug-likeness (QED) is 0.776. The number of nitrogens with zero attached hydrogens (tertiary/aromatic N) is 2. The van der Waals surface area contributed by atoms with Gasteiger partial charge in [0.1, 0.15) is 5.69 Å². The predicted octanol–water partition coefficient (Wildman–Crippen LogP) is 1.33. The van der Waals surface area contributed by atoms with E-state index in [0.717, 1.165) is 12.8 Å². The summed E-state index contributed by atoms with van der Waals surface area (Å²) >= 11 is 0. The van der Waals surface area contributed by atoms with Crippen LogP contribution in [0.25, 0.3) is 0 Å². The molecule has 0 saturated heterocycles. The second-order valence-corrected chi connectivity index (χ2v) is 2.85. The second kappa shape index (κ2) is 4.74. The summed E-state index contributed by atoms with van der Waals surface area (Å²) in [5.41, 5.74) is 1.04. The van der Waals surface area contributed by atoms with Crippen LogP contribution in [0.1, 0.15) is 48.8 Å². The molecule has 14 heavy (non-hydrogen) atoms. The van der Waals surface area contributed by atoms with Gasteiger partial charge in [0.05, 0.1) is 0 Å². The van der Waals surface area contributed by atoms with Gasteiger partial charge in [0, 0.05) is 13.0 Å². The Morgan fingerprint density at radius 2 is 2.07 bits per heavy atom. The van der Waals surface area contributed by atoms with Crippen LogP contribution in [0.3, 0.4) is 0 Å². The average molecular weight is 197 g/mol. The molecule has 0 radical (unpaired) electrons. The molecule has 1 aromatic rings. The minimum atomic E-state index is -0.224. The number of hydrogen-bond donors (Lipinski definition) is 1. The highest BCUT2D eigenvalue weighted by atomic mass is 16.6. The molecule has 1 heterocycles. The standard InChI is InChI=1S/C7H9N3O2.C2H6/c1-8-7(11)6-5(4-2-3-4)9-12-10-6;1-2/h4H,2-3H2,1H3,(H,8,11);1-2H3. The molecule has 2 rings (SSSR count). The number of carbonyl (C=O) groups is 1. The molecule has 5 heteroatoms. The number of rotatable bonds is 2. The van der Waals surface area contributed by atoms with Crippen LogP contribution in [-0.4, -0.2) is 23.3 Å². The largest absolute Gasteiger partial charge is 0.354 e. The summed E-state index contributed by atoms with van der Waals surface area (Å²) in [6, 6.07) is 0. The molecule has 78 valence electrons. The Morgan fingerprint density at radius 3 is 2.57 bits per heavy atom. The SMILES string of the molecule is CC.CNC(=O)c1nonc1C1CC1. The van der Waals surface area contributed by atoms with Gasteiger partial charge < -0.3 is 5.32 Å². The van der Waals surface area contributed by atoms with Crippen molar-refractivity contribution in [3.8, 4) is 0 Å². The molecule has 1 N–H and O–H groups in total. The number of hydrogen-bond acceptors (Lipinski definition) is 4. The maximum absolute atomic E-state index is 11.2. The highest BCUT2D eigenvalue weighted by molar-refractivity contribution is 5.93. The molecule has 1 aliphatic carbocycles. The zero-order valence-electron chi connectivity index (χ0n) is 8.70. The van der Waals surface area contributed by atoms with Crippen LogP contribution in [0.2, 0.25) is 0 Å². The van der Waals surface area contributed by atoms with Gasteiger partial charge in [-0.2, -0.15) is 0 Å². The van der Waals surface area contributed by atoms with Crippen molar-refractivity contribution in [3.05, 3.63) is 11.4 Å². The first-order valence-corrected chi connectivity index (χ1v) is 4.87. The van der Waals surface area contributed by atoms with Gasteiger partial charge in [0.15, 0.2) is 5.69 Å². The van der Waals surface area contributed by atoms with Crippen LogP contribution in [0.4, 0.5) is 0 Å². The number of aromatic nitrogens is 2. The molecule has 1 amide bonds. The number of nitrogens with one attached hydrogen (secondary N) is 1. The Balaban J connectivity index is 0.000000461. The first-order chi connectivity index (χ1) is 6.83. The number of carbonyl (C=O) groups excluding carboxylic acids is 1. The van der Waals surface area contributed by atoms with Crippen molar-refractivity contribution < 1.29 is 9.42 Å². The van der Waals surface area contributed by atoms with Gasteiger partial charge in [-0.1, -0.05) is 19.0 Å². The van der Waals surface area contributed by atoms with E-state index in [-0.39, 0.29) is 5.91 Å². The smallest absolute Gasteiger partial charge is 0.275 e. The molecule has 0 spiro atoms. The maximum atomic E-state index is 11.2. The van der Waals surface area contributed by atoms with Crippen molar-refractivity contribution in [1.82, 2.24) is 15.6 Å². The molecule has 0 unspecified atom stereocenters. The maximum Gasteiger partial charge on any atom is 0.275 e. The first kappa shape index (κ1) is 10.7. The molecule has 0 atom stereocenters. The lowest BCUT2D eigenvalue weighted by molar-refractivity contribution is 0.0952. The summed E-state index contributed by atoms with van der Waals surface area (Å²) in [6.45, 7) is 4.00. The van der Waals surface area contributed by atoms with E-state index in [4.69, 9.17) is 0 Å². The summed E-state index contributed by atoms with van der Waals surface area (Å²) in [6.07, 6.45) is 2.16. The molecule has 1 fully saturated rings. The fraction of sp³-hybridized carbons (Fsp3) is 0.667. The van der Waals surface area contributed by atoms with Crippen LogP contribution < -0.4 is 5.32 Å². The van der Waals surface area contributed by atoms with Crippen LogP contribution in [-0.2, 0) is 0 Å². The second-order valence-electron chi connectivity index (χ2n) is 2.85. The zero-order chi connectivity index (χ0) is 10.6. The Morgan fingerprint density at radius 1 is 1.43 bits per heavy atom. The van der Waals surface area contributed by atoms with E-state index in [9.17, 15) is 4.79 Å². The summed E-state index contributed by atoms with van der Waals surface area (Å²) < 4.78 is 4.51. The van der Waals surface area contributed by atoms with Crippen LogP contribution in [0.15, 0.2) is 4.63 Å². The fourth-order valence-electron chi connectivity index (χ4n) is 1.10. The molecular weight excluding hydrogens is 182 g/mol. The van der Waals surface area contributed by atoms with Crippen LogP contribution >= 0.6 is 0 Å². The molecule has 1 aliphatic rings. The van der Waals surface area contributed by atoms with E-state index in [1.54, 1.807) is 7.05 Å². The molecular formula is C9H15N3O2. The van der Waals surface area contributed by atoms with E-state index in [1.807, 2.05) is 13.8 Å². The van der Waals surface area contributed by atoms with Crippen molar-refractivity contribution in [2.45, 2.75) is 32.6 Å². The van der Waals surface area contributed by atoms with E-state index in [1.165, 1.54) is 0 Å². The van der Waals surface area contributed by atoms with Crippen molar-refractivity contribution in [2.24, 2.45) is 0 Å². The van der Waals surface area contributed by atoms with Gasteiger partial charge in [0.2, 0.25) is 0 Å². The lowest BCUT2D eigenvalue weighted by Crippen LogP contribution is -2.19. The van der Waals surface area contributed by atoms with E-state index in [2.05, 4.69) is 20.3 Å². The highest BCUT2D eigenvalue weighted by Gasteiger charge is 2.32. The van der Waals surface area contributed by atoms with Gasteiger partial charge >= 0.3 is 0 Å². The Labute approximate surface area is 82.8 Å². The van der Waals surface area contributed by atoms with E-state index in [0.29, 0.717) is 17.3 Å². The minimum Gasteiger partial charge on any atom is -0.354 e. The summed E-state index contributed by atoms with van der Waals surface area (Å²) in [5, 5.41) is 9.74. The van der Waals surface area contributed by atoms with E-state index < -0.39 is 0 Å². The van der Waals surface area contributed by atoms with Crippen molar-refractivity contribution >= 4 is 5.91 Å². The minimum absolute atomic E-state index is 0.224. The van der Waals surface area contributed by atoms with Gasteiger partial charge in [-0.05, 0) is 18.0 Å². The van der Waals surface area contributed by atoms with Crippen LogP contribution in [0, 0.1) is 0 Å². The van der Waals surface area contributed by atoms with Gasteiger partial charge in [-0.15, -0.1) is 0 Å². The Bertz CT molecular complexity index is 305. The number of amides is 1. The van der Waals surface area contributed by atoms with Crippen LogP contribution in [0.5, 0.6) is 0 Å². The normalized spacial score (nSPS) is 14.2. The van der Waals surface area contributed by atoms with Crippen molar-refractivity contribution in [1.29, 1.82) is 0 Å². The highest BCUT2D eigenvalue weighted by Crippen LogP contribution is 2.40. The lowest BCUT2D eigenvalue weighted by Gasteiger charge is -1.93. The molecule has 1 aromatic heterocycles. The third kappa shape index (κ3) is 2.10. The Kier molecular flexibility index (Phi) is 3.62.